The Hall–Kier alpha value is -1.62. The van der Waals surface area contributed by atoms with E-state index in [9.17, 15) is 9.18 Å². The summed E-state index contributed by atoms with van der Waals surface area (Å²) in [5, 5.41) is 5.91. The van der Waals surface area contributed by atoms with Crippen LogP contribution in [0.15, 0.2) is 24.3 Å². The zero-order valence-electron chi connectivity index (χ0n) is 15.0. The van der Waals surface area contributed by atoms with Crippen LogP contribution in [-0.4, -0.2) is 43.2 Å². The molecular weight excluding hydrogens is 317 g/mol. The van der Waals surface area contributed by atoms with Gasteiger partial charge in [-0.25, -0.2) is 9.18 Å². The normalized spacial score (nSPS) is 19.9. The minimum atomic E-state index is -0.209. The lowest BCUT2D eigenvalue weighted by atomic mass is 10.0. The van der Waals surface area contributed by atoms with E-state index < -0.39 is 0 Å². The van der Waals surface area contributed by atoms with E-state index in [0.717, 1.165) is 31.8 Å². The van der Waals surface area contributed by atoms with Crippen LogP contribution >= 0.6 is 0 Å². The summed E-state index contributed by atoms with van der Waals surface area (Å²) in [6.07, 6.45) is 8.14. The van der Waals surface area contributed by atoms with Crippen molar-refractivity contribution in [2.75, 3.05) is 26.2 Å². The quantitative estimate of drug-likeness (QED) is 0.829. The number of likely N-dealkylation sites (tertiary alicyclic amines) is 1. The Morgan fingerprint density at radius 2 is 1.84 bits per heavy atom. The van der Waals surface area contributed by atoms with Gasteiger partial charge in [0.25, 0.3) is 0 Å². The van der Waals surface area contributed by atoms with Crippen LogP contribution in [0.2, 0.25) is 0 Å². The van der Waals surface area contributed by atoms with Gasteiger partial charge in [-0.05, 0) is 49.7 Å². The Labute approximate surface area is 150 Å². The molecule has 3 rings (SSSR count). The maximum absolute atomic E-state index is 13.5. The number of nitrogens with zero attached hydrogens (tertiary/aromatic N) is 1. The van der Waals surface area contributed by atoms with Crippen LogP contribution in [0.1, 0.15) is 44.1 Å². The summed E-state index contributed by atoms with van der Waals surface area (Å²) in [5.74, 6) is 0.686. The molecule has 0 atom stereocenters. The van der Waals surface area contributed by atoms with E-state index in [1.54, 1.807) is 12.1 Å². The Morgan fingerprint density at radius 3 is 2.56 bits per heavy atom. The number of amides is 2. The number of piperidine rings is 1. The summed E-state index contributed by atoms with van der Waals surface area (Å²) in [4.78, 5) is 14.6. The number of carbonyl (C=O) groups excluding carboxylic acids is 1. The third-order valence-corrected chi connectivity index (χ3v) is 5.55. The highest BCUT2D eigenvalue weighted by molar-refractivity contribution is 5.74. The zero-order valence-corrected chi connectivity index (χ0v) is 15.0. The third-order valence-electron chi connectivity index (χ3n) is 5.55. The molecule has 2 aliphatic rings. The van der Waals surface area contributed by atoms with E-state index in [2.05, 4.69) is 15.5 Å². The standard InChI is InChI=1S/C20H30FN3O/c21-19-8-4-3-7-17(19)9-12-22-20(25)23-18-10-13-24(14-11-18)15-16-5-1-2-6-16/h3-4,7-8,16,18H,1-2,5-6,9-15H2,(H2,22,23,25). The maximum atomic E-state index is 13.5. The zero-order chi connectivity index (χ0) is 17.5. The van der Waals surface area contributed by atoms with E-state index in [-0.39, 0.29) is 17.9 Å². The molecule has 0 radical (unpaired) electrons. The number of nitrogens with one attached hydrogen (secondary N) is 2. The molecule has 4 nitrogen and oxygen atoms in total. The van der Waals surface area contributed by atoms with Gasteiger partial charge < -0.3 is 15.5 Å². The van der Waals surface area contributed by atoms with Crippen molar-refractivity contribution in [3.63, 3.8) is 0 Å². The van der Waals surface area contributed by atoms with Crippen molar-refractivity contribution in [3.8, 4) is 0 Å². The monoisotopic (exact) mass is 347 g/mol. The lowest BCUT2D eigenvalue weighted by Crippen LogP contribution is -2.48. The molecule has 1 saturated carbocycles. The van der Waals surface area contributed by atoms with Crippen molar-refractivity contribution < 1.29 is 9.18 Å². The van der Waals surface area contributed by atoms with E-state index in [1.807, 2.05) is 6.07 Å². The van der Waals surface area contributed by atoms with Crippen molar-refractivity contribution >= 4 is 6.03 Å². The fraction of sp³-hybridized carbons (Fsp3) is 0.650. The molecule has 1 aliphatic carbocycles. The van der Waals surface area contributed by atoms with Crippen LogP contribution in [-0.2, 0) is 6.42 Å². The largest absolute Gasteiger partial charge is 0.338 e. The summed E-state index contributed by atoms with van der Waals surface area (Å²) in [5.41, 5.74) is 0.642. The number of carbonyl (C=O) groups is 1. The Balaban J connectivity index is 1.30. The first kappa shape index (κ1) is 18.2. The number of benzene rings is 1. The van der Waals surface area contributed by atoms with Gasteiger partial charge in [0.1, 0.15) is 5.82 Å². The average Bonchev–Trinajstić information content (AvgIpc) is 3.11. The minimum absolute atomic E-state index is 0.134. The second-order valence-corrected chi connectivity index (χ2v) is 7.47. The molecule has 5 heteroatoms. The van der Waals surface area contributed by atoms with Crippen molar-refractivity contribution in [2.45, 2.75) is 51.0 Å². The molecule has 2 fully saturated rings. The van der Waals surface area contributed by atoms with E-state index in [4.69, 9.17) is 0 Å². The molecule has 1 saturated heterocycles. The molecule has 2 N–H and O–H groups in total. The van der Waals surface area contributed by atoms with Crippen LogP contribution < -0.4 is 10.6 Å². The van der Waals surface area contributed by atoms with Gasteiger partial charge in [0.15, 0.2) is 0 Å². The summed E-state index contributed by atoms with van der Waals surface area (Å²) < 4.78 is 13.5. The molecule has 0 spiro atoms. The van der Waals surface area contributed by atoms with Crippen molar-refractivity contribution in [1.82, 2.24) is 15.5 Å². The number of rotatable bonds is 6. The van der Waals surface area contributed by atoms with Crippen LogP contribution in [0, 0.1) is 11.7 Å². The second kappa shape index (κ2) is 9.18. The van der Waals surface area contributed by atoms with Crippen molar-refractivity contribution in [2.24, 2.45) is 5.92 Å². The highest BCUT2D eigenvalue weighted by Crippen LogP contribution is 2.26. The smallest absolute Gasteiger partial charge is 0.315 e. The molecule has 0 bridgehead atoms. The molecule has 25 heavy (non-hydrogen) atoms. The molecule has 0 unspecified atom stereocenters. The van der Waals surface area contributed by atoms with Crippen LogP contribution in [0.4, 0.5) is 9.18 Å². The van der Waals surface area contributed by atoms with Gasteiger partial charge in [0.2, 0.25) is 0 Å². The maximum Gasteiger partial charge on any atom is 0.315 e. The summed E-state index contributed by atoms with van der Waals surface area (Å²) >= 11 is 0. The summed E-state index contributed by atoms with van der Waals surface area (Å²) in [6.45, 7) is 3.85. The highest BCUT2D eigenvalue weighted by Gasteiger charge is 2.24. The van der Waals surface area contributed by atoms with Gasteiger partial charge in [-0.15, -0.1) is 0 Å². The summed E-state index contributed by atoms with van der Waals surface area (Å²) in [7, 11) is 0. The molecule has 2 amide bonds. The molecule has 138 valence electrons. The van der Waals surface area contributed by atoms with Gasteiger partial charge in [-0.1, -0.05) is 31.0 Å². The SMILES string of the molecule is O=C(NCCc1ccccc1F)NC1CCN(CC2CCCC2)CC1. The Bertz CT molecular complexity index is 552. The van der Waals surface area contributed by atoms with Gasteiger partial charge in [0, 0.05) is 32.2 Å². The topological polar surface area (TPSA) is 44.4 Å². The Kier molecular flexibility index (Phi) is 6.68. The van der Waals surface area contributed by atoms with Crippen LogP contribution in [0.25, 0.3) is 0 Å². The van der Waals surface area contributed by atoms with E-state index >= 15 is 0 Å². The third kappa shape index (κ3) is 5.70. The van der Waals surface area contributed by atoms with Crippen LogP contribution in [0.5, 0.6) is 0 Å². The summed E-state index contributed by atoms with van der Waals surface area (Å²) in [6, 6.07) is 6.83. The predicted molar refractivity (Wildman–Crippen MR) is 98.1 cm³/mol. The first-order valence-corrected chi connectivity index (χ1v) is 9.71. The van der Waals surface area contributed by atoms with Gasteiger partial charge in [-0.2, -0.15) is 0 Å². The molecule has 1 aromatic rings. The number of urea groups is 1. The van der Waals surface area contributed by atoms with Crippen LogP contribution in [0.3, 0.4) is 0 Å². The van der Waals surface area contributed by atoms with Gasteiger partial charge in [-0.3, -0.25) is 0 Å². The molecule has 0 aromatic heterocycles. The lowest BCUT2D eigenvalue weighted by molar-refractivity contribution is 0.171. The van der Waals surface area contributed by atoms with Gasteiger partial charge in [0.05, 0.1) is 0 Å². The second-order valence-electron chi connectivity index (χ2n) is 7.47. The average molecular weight is 347 g/mol. The lowest BCUT2D eigenvalue weighted by Gasteiger charge is -2.33. The van der Waals surface area contributed by atoms with Gasteiger partial charge >= 0.3 is 6.03 Å². The minimum Gasteiger partial charge on any atom is -0.338 e. The predicted octanol–water partition coefficient (Wildman–Crippen LogP) is 3.32. The van der Waals surface area contributed by atoms with E-state index in [1.165, 1.54) is 38.3 Å². The van der Waals surface area contributed by atoms with Crippen molar-refractivity contribution in [3.05, 3.63) is 35.6 Å². The Morgan fingerprint density at radius 1 is 1.12 bits per heavy atom. The number of hydrogen-bond acceptors (Lipinski definition) is 2. The number of hydrogen-bond donors (Lipinski definition) is 2. The fourth-order valence-electron chi connectivity index (χ4n) is 4.07. The van der Waals surface area contributed by atoms with E-state index in [0.29, 0.717) is 18.5 Å². The number of halogens is 1. The highest BCUT2D eigenvalue weighted by atomic mass is 19.1. The fourth-order valence-corrected chi connectivity index (χ4v) is 4.07. The molecule has 1 aromatic carbocycles. The molecule has 1 aliphatic heterocycles. The first-order chi connectivity index (χ1) is 12.2. The molecular formula is C20H30FN3O. The van der Waals surface area contributed by atoms with Crippen molar-refractivity contribution in [1.29, 1.82) is 0 Å². The first-order valence-electron chi connectivity index (χ1n) is 9.71. The molecule has 1 heterocycles.